The standard InChI is InChI=1S/C31H59NO7Si5/c1-40(2,3)32-21-23(24-18-16-17-19-25(24)32)20-27(33)36-31-30(39-44(13,14)15)29(38-43(10,11)12)28(37-42(7,8)9)26(35-31)22-34-41(4,5)6/h16-19,21,26,28-31H,20,22H2,1-15H3. The molecule has 0 N–H and O–H groups in total. The van der Waals surface area contributed by atoms with Crippen LogP contribution in [-0.4, -0.2) is 89.0 Å². The van der Waals surface area contributed by atoms with E-state index in [0.29, 0.717) is 6.61 Å². The van der Waals surface area contributed by atoms with Gasteiger partial charge in [-0.2, -0.15) is 0 Å². The Balaban J connectivity index is 2.02. The third-order valence-electron chi connectivity index (χ3n) is 6.84. The summed E-state index contributed by atoms with van der Waals surface area (Å²) in [5, 5.41) is 1.08. The highest BCUT2D eigenvalue weighted by Gasteiger charge is 2.53. The third kappa shape index (κ3) is 11.1. The highest BCUT2D eigenvalue weighted by Crippen LogP contribution is 2.35. The van der Waals surface area contributed by atoms with Crippen LogP contribution in [0.5, 0.6) is 0 Å². The molecule has 5 unspecified atom stereocenters. The number of benzene rings is 1. The lowest BCUT2D eigenvalue weighted by Gasteiger charge is -2.50. The van der Waals surface area contributed by atoms with E-state index in [0.717, 1.165) is 16.5 Å². The molecule has 0 amide bonds. The number of carbonyl (C=O) groups is 1. The van der Waals surface area contributed by atoms with Crippen LogP contribution in [0.3, 0.4) is 0 Å². The molecule has 13 heteroatoms. The SMILES string of the molecule is C[Si](C)(C)OCC1OC(OC(=O)Cc2cn([Si](C)(C)C)c3ccccc23)C(O[Si](C)(C)C)C(O[Si](C)(C)C)C1O[Si](C)(C)C. The van der Waals surface area contributed by atoms with Crippen LogP contribution in [0.2, 0.25) is 98.2 Å². The quantitative estimate of drug-likeness (QED) is 0.157. The van der Waals surface area contributed by atoms with Gasteiger partial charge in [0, 0.05) is 10.9 Å². The number of ether oxygens (including phenoxy) is 2. The van der Waals surface area contributed by atoms with E-state index in [1.807, 2.05) is 6.07 Å². The first kappa shape index (κ1) is 37.6. The van der Waals surface area contributed by atoms with E-state index in [-0.39, 0.29) is 12.4 Å². The van der Waals surface area contributed by atoms with E-state index in [2.05, 4.69) is 127 Å². The molecule has 2 heterocycles. The number of nitrogens with zero attached hydrogens (tertiary/aromatic N) is 1. The molecule has 1 fully saturated rings. The molecule has 1 aliphatic heterocycles. The summed E-state index contributed by atoms with van der Waals surface area (Å²) in [5.41, 5.74) is 2.11. The van der Waals surface area contributed by atoms with Crippen molar-refractivity contribution < 1.29 is 32.0 Å². The maximum absolute atomic E-state index is 13.8. The lowest BCUT2D eigenvalue weighted by molar-refractivity contribution is -0.282. The minimum Gasteiger partial charge on any atom is -0.433 e. The van der Waals surface area contributed by atoms with Crippen molar-refractivity contribution in [2.24, 2.45) is 0 Å². The van der Waals surface area contributed by atoms with Crippen LogP contribution < -0.4 is 0 Å². The van der Waals surface area contributed by atoms with Crippen molar-refractivity contribution >= 4 is 58.4 Å². The van der Waals surface area contributed by atoms with Crippen LogP contribution in [0.15, 0.2) is 30.5 Å². The van der Waals surface area contributed by atoms with Crippen LogP contribution in [0.1, 0.15) is 5.56 Å². The first-order chi connectivity index (χ1) is 19.8. The monoisotopic (exact) mass is 697 g/mol. The Bertz CT molecular complexity index is 1270. The maximum Gasteiger partial charge on any atom is 0.312 e. The summed E-state index contributed by atoms with van der Waals surface area (Å²) in [6.07, 6.45) is -0.630. The number of aromatic nitrogens is 1. The first-order valence-corrected chi connectivity index (χ1v) is 33.0. The average molecular weight is 698 g/mol. The first-order valence-electron chi connectivity index (χ1n) is 15.9. The van der Waals surface area contributed by atoms with Gasteiger partial charge in [0.15, 0.2) is 41.5 Å². The largest absolute Gasteiger partial charge is 0.433 e. The Kier molecular flexibility index (Phi) is 11.7. The number of para-hydroxylation sites is 1. The van der Waals surface area contributed by atoms with E-state index in [1.165, 1.54) is 0 Å². The summed E-state index contributed by atoms with van der Waals surface area (Å²) in [4.78, 5) is 13.8. The summed E-state index contributed by atoms with van der Waals surface area (Å²) >= 11 is 0. The second kappa shape index (κ2) is 13.7. The lowest BCUT2D eigenvalue weighted by Crippen LogP contribution is -2.66. The molecule has 0 aliphatic carbocycles. The molecule has 0 saturated carbocycles. The molecule has 44 heavy (non-hydrogen) atoms. The van der Waals surface area contributed by atoms with Gasteiger partial charge >= 0.3 is 5.97 Å². The number of rotatable bonds is 13. The van der Waals surface area contributed by atoms with Gasteiger partial charge in [0.25, 0.3) is 0 Å². The van der Waals surface area contributed by atoms with Crippen molar-refractivity contribution in [2.75, 3.05) is 6.61 Å². The molecule has 8 nitrogen and oxygen atoms in total. The molecule has 1 saturated heterocycles. The van der Waals surface area contributed by atoms with Crippen molar-refractivity contribution in [1.29, 1.82) is 0 Å². The second-order valence-electron chi connectivity index (χ2n) is 16.9. The van der Waals surface area contributed by atoms with Crippen molar-refractivity contribution in [3.8, 4) is 0 Å². The van der Waals surface area contributed by atoms with E-state index in [4.69, 9.17) is 27.2 Å². The molecule has 1 aromatic heterocycles. The summed E-state index contributed by atoms with van der Waals surface area (Å²) in [6.45, 7) is 33.2. The minimum absolute atomic E-state index is 0.141. The fourth-order valence-electron chi connectivity index (χ4n) is 5.34. The smallest absolute Gasteiger partial charge is 0.312 e. The van der Waals surface area contributed by atoms with Gasteiger partial charge in [0.1, 0.15) is 24.4 Å². The zero-order valence-corrected chi connectivity index (χ0v) is 35.0. The van der Waals surface area contributed by atoms with E-state index in [1.54, 1.807) is 0 Å². The molecule has 0 radical (unpaired) electrons. The summed E-state index contributed by atoms with van der Waals surface area (Å²) < 4.78 is 42.2. The number of hydrogen-bond donors (Lipinski definition) is 0. The van der Waals surface area contributed by atoms with Gasteiger partial charge in [-0.25, -0.2) is 0 Å². The lowest BCUT2D eigenvalue weighted by atomic mass is 9.99. The van der Waals surface area contributed by atoms with Gasteiger partial charge in [-0.05, 0) is 96.4 Å². The van der Waals surface area contributed by atoms with Gasteiger partial charge < -0.3 is 31.4 Å². The summed E-state index contributed by atoms with van der Waals surface area (Å²) in [6, 6.07) is 8.29. The van der Waals surface area contributed by atoms with Crippen LogP contribution in [0.4, 0.5) is 0 Å². The Hall–Kier alpha value is -0.886. The predicted molar refractivity (Wildman–Crippen MR) is 193 cm³/mol. The molecule has 250 valence electrons. The van der Waals surface area contributed by atoms with Crippen molar-refractivity contribution in [3.05, 3.63) is 36.0 Å². The Morgan fingerprint density at radius 3 is 1.77 bits per heavy atom. The number of carbonyl (C=O) groups excluding carboxylic acids is 1. The molecular formula is C31H59NO7Si5. The topological polar surface area (TPSA) is 77.4 Å². The third-order valence-corrected chi connectivity index (χ3v) is 12.6. The molecule has 3 rings (SSSR count). The maximum atomic E-state index is 13.8. The van der Waals surface area contributed by atoms with Gasteiger partial charge in [0.2, 0.25) is 6.29 Å². The van der Waals surface area contributed by atoms with E-state index < -0.39 is 72.2 Å². The van der Waals surface area contributed by atoms with Crippen molar-refractivity contribution in [2.45, 2.75) is 135 Å². The van der Waals surface area contributed by atoms with Crippen LogP contribution >= 0.6 is 0 Å². The van der Waals surface area contributed by atoms with Crippen molar-refractivity contribution in [1.82, 2.24) is 4.23 Å². The Labute approximate surface area is 271 Å². The molecule has 2 aromatic rings. The molecule has 1 aromatic carbocycles. The minimum atomic E-state index is -2.14. The fraction of sp³-hybridized carbons (Fsp3) is 0.710. The fourth-order valence-corrected chi connectivity index (χ4v) is 10.7. The van der Waals surface area contributed by atoms with Gasteiger partial charge in [0.05, 0.1) is 13.0 Å². The second-order valence-corrected chi connectivity index (χ2v) is 39.6. The van der Waals surface area contributed by atoms with Gasteiger partial charge in [-0.15, -0.1) is 0 Å². The Morgan fingerprint density at radius 2 is 1.25 bits per heavy atom. The van der Waals surface area contributed by atoms with E-state index in [9.17, 15) is 4.79 Å². The summed E-state index contributed by atoms with van der Waals surface area (Å²) in [5.74, 6) is -0.348. The Morgan fingerprint density at radius 1 is 0.727 bits per heavy atom. The molecule has 0 spiro atoms. The zero-order valence-electron chi connectivity index (χ0n) is 30.0. The predicted octanol–water partition coefficient (Wildman–Crippen LogP) is 7.65. The number of fused-ring (bicyclic) bond motifs is 1. The van der Waals surface area contributed by atoms with Crippen LogP contribution in [0, 0.1) is 0 Å². The highest BCUT2D eigenvalue weighted by atomic mass is 28.4. The van der Waals surface area contributed by atoms with Crippen LogP contribution in [-0.2, 0) is 38.4 Å². The molecular weight excluding hydrogens is 639 g/mol. The van der Waals surface area contributed by atoms with Gasteiger partial charge in [-0.1, -0.05) is 37.8 Å². The van der Waals surface area contributed by atoms with Gasteiger partial charge in [-0.3, -0.25) is 4.79 Å². The van der Waals surface area contributed by atoms with Crippen molar-refractivity contribution in [3.63, 3.8) is 0 Å². The van der Waals surface area contributed by atoms with Crippen LogP contribution in [0.25, 0.3) is 10.9 Å². The number of hydrogen-bond acceptors (Lipinski definition) is 7. The molecule has 0 bridgehead atoms. The summed E-state index contributed by atoms with van der Waals surface area (Å²) in [7, 11) is -9.89. The number of esters is 1. The highest BCUT2D eigenvalue weighted by molar-refractivity contribution is 6.75. The normalized spacial score (nSPS) is 24.1. The zero-order chi connectivity index (χ0) is 33.5. The molecule has 1 aliphatic rings. The molecule has 5 atom stereocenters. The average Bonchev–Trinajstić information content (AvgIpc) is 3.18. The van der Waals surface area contributed by atoms with E-state index >= 15 is 0 Å².